The maximum Gasteiger partial charge on any atom is 0.335 e. The Morgan fingerprint density at radius 3 is 2.50 bits per heavy atom. The molecule has 1 aromatic carbocycles. The van der Waals surface area contributed by atoms with Gasteiger partial charge in [-0.15, -0.1) is 10.2 Å². The summed E-state index contributed by atoms with van der Waals surface area (Å²) >= 11 is 0. The standard InChI is InChI=1S/C10H8N4O2/c11-9-8(5-12-14-13-9)6-1-3-7(4-2-6)10(15)16/h1-5H,(H,15,16)(H2,11,12,13). The van der Waals surface area contributed by atoms with Crippen LogP contribution in [0.5, 0.6) is 0 Å². The molecule has 2 aromatic rings. The van der Waals surface area contributed by atoms with E-state index in [2.05, 4.69) is 15.4 Å². The lowest BCUT2D eigenvalue weighted by molar-refractivity contribution is 0.0697. The normalized spacial score (nSPS) is 10.0. The van der Waals surface area contributed by atoms with Crippen LogP contribution in [-0.2, 0) is 0 Å². The molecule has 80 valence electrons. The highest BCUT2D eigenvalue weighted by atomic mass is 16.4. The molecule has 0 atom stereocenters. The Morgan fingerprint density at radius 1 is 1.25 bits per heavy atom. The van der Waals surface area contributed by atoms with Gasteiger partial charge in [-0.25, -0.2) is 4.79 Å². The molecule has 0 saturated carbocycles. The zero-order valence-corrected chi connectivity index (χ0v) is 8.16. The van der Waals surface area contributed by atoms with E-state index < -0.39 is 5.97 Å². The van der Waals surface area contributed by atoms with Gasteiger partial charge in [0.05, 0.1) is 11.8 Å². The van der Waals surface area contributed by atoms with Crippen LogP contribution in [0.3, 0.4) is 0 Å². The fraction of sp³-hybridized carbons (Fsp3) is 0. The first-order chi connectivity index (χ1) is 7.68. The number of benzene rings is 1. The van der Waals surface area contributed by atoms with Gasteiger partial charge in [-0.3, -0.25) is 0 Å². The van der Waals surface area contributed by atoms with Crippen LogP contribution in [0.4, 0.5) is 5.82 Å². The molecule has 0 unspecified atom stereocenters. The molecule has 16 heavy (non-hydrogen) atoms. The number of aromatic carboxylic acids is 1. The summed E-state index contributed by atoms with van der Waals surface area (Å²) < 4.78 is 0. The average Bonchev–Trinajstić information content (AvgIpc) is 2.30. The molecular weight excluding hydrogens is 208 g/mol. The van der Waals surface area contributed by atoms with Gasteiger partial charge in [-0.1, -0.05) is 12.1 Å². The van der Waals surface area contributed by atoms with Crippen molar-refractivity contribution in [3.63, 3.8) is 0 Å². The number of hydrogen-bond acceptors (Lipinski definition) is 5. The predicted octanol–water partition coefficient (Wildman–Crippen LogP) is 0.819. The van der Waals surface area contributed by atoms with Crippen LogP contribution in [0.15, 0.2) is 30.5 Å². The van der Waals surface area contributed by atoms with Gasteiger partial charge in [0.15, 0.2) is 5.82 Å². The van der Waals surface area contributed by atoms with Crippen molar-refractivity contribution in [1.82, 2.24) is 15.4 Å². The Hall–Kier alpha value is -2.50. The zero-order chi connectivity index (χ0) is 11.5. The van der Waals surface area contributed by atoms with Crippen molar-refractivity contribution in [2.75, 3.05) is 5.73 Å². The lowest BCUT2D eigenvalue weighted by Crippen LogP contribution is -1.99. The van der Waals surface area contributed by atoms with Gasteiger partial charge in [0.2, 0.25) is 0 Å². The number of anilines is 1. The van der Waals surface area contributed by atoms with E-state index in [0.717, 1.165) is 5.56 Å². The molecule has 2 rings (SSSR count). The largest absolute Gasteiger partial charge is 0.478 e. The molecule has 0 spiro atoms. The number of rotatable bonds is 2. The molecular formula is C10H8N4O2. The highest BCUT2D eigenvalue weighted by Crippen LogP contribution is 2.22. The topological polar surface area (TPSA) is 102 Å². The molecule has 0 bridgehead atoms. The van der Waals surface area contributed by atoms with E-state index in [9.17, 15) is 4.79 Å². The number of hydrogen-bond donors (Lipinski definition) is 2. The SMILES string of the molecule is Nc1nnncc1-c1ccc(C(=O)O)cc1. The molecule has 0 fully saturated rings. The summed E-state index contributed by atoms with van der Waals surface area (Å²) in [7, 11) is 0. The molecule has 0 radical (unpaired) electrons. The molecule has 6 heteroatoms. The van der Waals surface area contributed by atoms with E-state index in [1.165, 1.54) is 18.3 Å². The van der Waals surface area contributed by atoms with Crippen molar-refractivity contribution in [3.05, 3.63) is 36.0 Å². The Kier molecular flexibility index (Phi) is 2.47. The molecule has 1 aromatic heterocycles. The number of nitrogens with zero attached hydrogens (tertiary/aromatic N) is 3. The van der Waals surface area contributed by atoms with Crippen LogP contribution in [0.25, 0.3) is 11.1 Å². The van der Waals surface area contributed by atoms with Crippen molar-refractivity contribution in [3.8, 4) is 11.1 Å². The summed E-state index contributed by atoms with van der Waals surface area (Å²) in [6, 6.07) is 6.30. The molecule has 1 heterocycles. The lowest BCUT2D eigenvalue weighted by Gasteiger charge is -2.02. The summed E-state index contributed by atoms with van der Waals surface area (Å²) in [4.78, 5) is 10.7. The summed E-state index contributed by atoms with van der Waals surface area (Å²) in [6.45, 7) is 0. The number of carbonyl (C=O) groups is 1. The van der Waals surface area contributed by atoms with Crippen LogP contribution in [-0.4, -0.2) is 26.5 Å². The molecule has 0 aliphatic rings. The number of nitrogen functional groups attached to an aromatic ring is 1. The summed E-state index contributed by atoms with van der Waals surface area (Å²) in [5.41, 5.74) is 7.23. The summed E-state index contributed by atoms with van der Waals surface area (Å²) in [5.74, 6) is -0.705. The third-order valence-corrected chi connectivity index (χ3v) is 2.11. The van der Waals surface area contributed by atoms with Crippen LogP contribution in [0.2, 0.25) is 0 Å². The molecule has 3 N–H and O–H groups in total. The van der Waals surface area contributed by atoms with Gasteiger partial charge < -0.3 is 10.8 Å². The summed E-state index contributed by atoms with van der Waals surface area (Å²) in [6.07, 6.45) is 1.48. The third-order valence-electron chi connectivity index (χ3n) is 2.11. The molecule has 0 aliphatic heterocycles. The minimum atomic E-state index is -0.967. The van der Waals surface area contributed by atoms with E-state index in [-0.39, 0.29) is 11.4 Å². The second-order valence-electron chi connectivity index (χ2n) is 3.12. The quantitative estimate of drug-likeness (QED) is 0.770. The lowest BCUT2D eigenvalue weighted by atomic mass is 10.1. The maximum absolute atomic E-state index is 10.7. The minimum Gasteiger partial charge on any atom is -0.478 e. The van der Waals surface area contributed by atoms with Crippen molar-refractivity contribution in [2.45, 2.75) is 0 Å². The summed E-state index contributed by atoms with van der Waals surface area (Å²) in [5, 5.41) is 19.4. The van der Waals surface area contributed by atoms with Gasteiger partial charge in [0, 0.05) is 5.56 Å². The van der Waals surface area contributed by atoms with Gasteiger partial charge in [-0.05, 0) is 22.9 Å². The van der Waals surface area contributed by atoms with E-state index in [4.69, 9.17) is 10.8 Å². The van der Waals surface area contributed by atoms with Crippen LogP contribution < -0.4 is 5.73 Å². The zero-order valence-electron chi connectivity index (χ0n) is 8.16. The second-order valence-corrected chi connectivity index (χ2v) is 3.12. The monoisotopic (exact) mass is 216 g/mol. The number of carboxylic acid groups (broad SMARTS) is 1. The van der Waals surface area contributed by atoms with Gasteiger partial charge >= 0.3 is 5.97 Å². The number of nitrogens with two attached hydrogens (primary N) is 1. The molecule has 6 nitrogen and oxygen atoms in total. The number of aromatic nitrogens is 3. The highest BCUT2D eigenvalue weighted by molar-refractivity contribution is 5.88. The van der Waals surface area contributed by atoms with Crippen molar-refractivity contribution < 1.29 is 9.90 Å². The molecule has 0 amide bonds. The van der Waals surface area contributed by atoms with E-state index in [0.29, 0.717) is 5.56 Å². The second kappa shape index (κ2) is 3.93. The number of carboxylic acids is 1. The maximum atomic E-state index is 10.7. The Balaban J connectivity index is 2.43. The van der Waals surface area contributed by atoms with Crippen molar-refractivity contribution >= 4 is 11.8 Å². The predicted molar refractivity (Wildman–Crippen MR) is 56.6 cm³/mol. The highest BCUT2D eigenvalue weighted by Gasteiger charge is 2.06. The molecule has 0 aliphatic carbocycles. The first-order valence-corrected chi connectivity index (χ1v) is 4.46. The van der Waals surface area contributed by atoms with E-state index in [1.54, 1.807) is 12.1 Å². The average molecular weight is 216 g/mol. The smallest absolute Gasteiger partial charge is 0.335 e. The van der Waals surface area contributed by atoms with Crippen LogP contribution in [0.1, 0.15) is 10.4 Å². The first-order valence-electron chi connectivity index (χ1n) is 4.46. The van der Waals surface area contributed by atoms with Gasteiger partial charge in [0.1, 0.15) is 0 Å². The fourth-order valence-corrected chi connectivity index (χ4v) is 1.29. The Labute approximate surface area is 90.7 Å². The van der Waals surface area contributed by atoms with Gasteiger partial charge in [0.25, 0.3) is 0 Å². The first kappa shape index (κ1) is 10.0. The van der Waals surface area contributed by atoms with Crippen LogP contribution >= 0.6 is 0 Å². The van der Waals surface area contributed by atoms with Crippen LogP contribution in [0, 0.1) is 0 Å². The minimum absolute atomic E-state index is 0.220. The van der Waals surface area contributed by atoms with Crippen molar-refractivity contribution in [1.29, 1.82) is 0 Å². The Morgan fingerprint density at radius 2 is 1.94 bits per heavy atom. The molecule has 0 saturated heterocycles. The van der Waals surface area contributed by atoms with E-state index in [1.807, 2.05) is 0 Å². The van der Waals surface area contributed by atoms with Crippen molar-refractivity contribution in [2.24, 2.45) is 0 Å². The Bertz CT molecular complexity index is 525. The fourth-order valence-electron chi connectivity index (χ4n) is 1.29. The van der Waals surface area contributed by atoms with E-state index >= 15 is 0 Å². The van der Waals surface area contributed by atoms with Gasteiger partial charge in [-0.2, -0.15) is 0 Å². The third kappa shape index (κ3) is 1.81.